The molecule has 2 nitrogen and oxygen atoms in total. The molecule has 70 valence electrons. The summed E-state index contributed by atoms with van der Waals surface area (Å²) in [5, 5.41) is 0. The number of ketones is 1. The van der Waals surface area contributed by atoms with Gasteiger partial charge in [-0.25, -0.2) is 0 Å². The number of piperidine rings is 1. The second kappa shape index (κ2) is 3.56. The summed E-state index contributed by atoms with van der Waals surface area (Å²) < 4.78 is 0. The van der Waals surface area contributed by atoms with Gasteiger partial charge < -0.3 is 0 Å². The normalized spacial score (nSPS) is 24.4. The Morgan fingerprint density at radius 3 is 2.67 bits per heavy atom. The zero-order chi connectivity index (χ0) is 9.19. The van der Waals surface area contributed by atoms with E-state index in [0.717, 1.165) is 25.9 Å². The molecule has 0 unspecified atom stereocenters. The largest absolute Gasteiger partial charge is 0.298 e. The number of carbonyl (C=O) groups is 1. The number of rotatable bonds is 2. The first-order chi connectivity index (χ1) is 5.56. The summed E-state index contributed by atoms with van der Waals surface area (Å²) in [7, 11) is 0. The second-order valence-corrected chi connectivity index (χ2v) is 4.33. The molecule has 0 aliphatic carbocycles. The molecular weight excluding hydrogens is 150 g/mol. The highest BCUT2D eigenvalue weighted by atomic mass is 16.1. The molecule has 1 fully saturated rings. The van der Waals surface area contributed by atoms with Crippen molar-refractivity contribution in [3.8, 4) is 0 Å². The van der Waals surface area contributed by atoms with Crippen LogP contribution in [0.1, 0.15) is 33.6 Å². The van der Waals surface area contributed by atoms with Gasteiger partial charge in [0, 0.05) is 5.41 Å². The molecule has 0 N–H and O–H groups in total. The maximum atomic E-state index is 11.6. The summed E-state index contributed by atoms with van der Waals surface area (Å²) in [6.07, 6.45) is 2.17. The van der Waals surface area contributed by atoms with Gasteiger partial charge in [-0.2, -0.15) is 0 Å². The van der Waals surface area contributed by atoms with Gasteiger partial charge in [-0.05, 0) is 25.9 Å². The van der Waals surface area contributed by atoms with E-state index >= 15 is 0 Å². The number of likely N-dealkylation sites (tertiary alicyclic amines) is 1. The Morgan fingerprint density at radius 1 is 1.50 bits per heavy atom. The molecule has 2 heteroatoms. The molecule has 0 spiro atoms. The third-order valence-electron chi connectivity index (χ3n) is 2.71. The van der Waals surface area contributed by atoms with E-state index in [1.807, 2.05) is 0 Å². The lowest BCUT2D eigenvalue weighted by atomic mass is 9.81. The van der Waals surface area contributed by atoms with Gasteiger partial charge in [0.25, 0.3) is 0 Å². The van der Waals surface area contributed by atoms with Crippen LogP contribution in [-0.4, -0.2) is 30.3 Å². The van der Waals surface area contributed by atoms with Crippen molar-refractivity contribution < 1.29 is 4.79 Å². The lowest BCUT2D eigenvalue weighted by molar-refractivity contribution is -0.131. The molecule has 1 saturated heterocycles. The van der Waals surface area contributed by atoms with Crippen molar-refractivity contribution in [2.24, 2.45) is 5.41 Å². The molecular formula is C10H19NO. The molecule has 0 saturated carbocycles. The van der Waals surface area contributed by atoms with Gasteiger partial charge in [-0.15, -0.1) is 0 Å². The topological polar surface area (TPSA) is 20.3 Å². The molecule has 0 amide bonds. The van der Waals surface area contributed by atoms with E-state index in [1.165, 1.54) is 0 Å². The van der Waals surface area contributed by atoms with Crippen molar-refractivity contribution in [1.29, 1.82) is 0 Å². The summed E-state index contributed by atoms with van der Waals surface area (Å²) in [6.45, 7) is 9.09. The fourth-order valence-corrected chi connectivity index (χ4v) is 1.58. The highest BCUT2D eigenvalue weighted by Gasteiger charge is 2.32. The first-order valence-corrected chi connectivity index (χ1v) is 4.82. The Labute approximate surface area is 74.9 Å². The van der Waals surface area contributed by atoms with Crippen LogP contribution in [0.25, 0.3) is 0 Å². The van der Waals surface area contributed by atoms with Crippen LogP contribution in [0.3, 0.4) is 0 Å². The van der Waals surface area contributed by atoms with Crippen LogP contribution in [0.2, 0.25) is 0 Å². The van der Waals surface area contributed by atoms with Crippen molar-refractivity contribution in [3.63, 3.8) is 0 Å². The third-order valence-corrected chi connectivity index (χ3v) is 2.71. The number of hydrogen-bond donors (Lipinski definition) is 0. The van der Waals surface area contributed by atoms with Crippen LogP contribution in [0.4, 0.5) is 0 Å². The molecule has 1 rings (SSSR count). The van der Waals surface area contributed by atoms with Gasteiger partial charge in [-0.1, -0.05) is 20.8 Å². The van der Waals surface area contributed by atoms with Crippen molar-refractivity contribution in [2.45, 2.75) is 33.6 Å². The lowest BCUT2D eigenvalue weighted by Gasteiger charge is -2.35. The van der Waals surface area contributed by atoms with Gasteiger partial charge in [0.15, 0.2) is 5.78 Å². The van der Waals surface area contributed by atoms with Crippen molar-refractivity contribution in [1.82, 2.24) is 4.90 Å². The highest BCUT2D eigenvalue weighted by molar-refractivity contribution is 5.86. The molecule has 1 aliphatic heterocycles. The van der Waals surface area contributed by atoms with Crippen LogP contribution in [0.5, 0.6) is 0 Å². The summed E-state index contributed by atoms with van der Waals surface area (Å²) in [5.41, 5.74) is -0.0652. The monoisotopic (exact) mass is 169 g/mol. The molecule has 0 atom stereocenters. The van der Waals surface area contributed by atoms with Crippen molar-refractivity contribution >= 4 is 5.78 Å². The van der Waals surface area contributed by atoms with Crippen LogP contribution in [0.15, 0.2) is 0 Å². The summed E-state index contributed by atoms with van der Waals surface area (Å²) >= 11 is 0. The Hall–Kier alpha value is -0.370. The molecule has 12 heavy (non-hydrogen) atoms. The van der Waals surface area contributed by atoms with Crippen molar-refractivity contribution in [2.75, 3.05) is 19.6 Å². The number of Topliss-reactive ketones (excluding diaryl/α,β-unsaturated/α-hetero) is 1. The third kappa shape index (κ3) is 2.07. The van der Waals surface area contributed by atoms with E-state index in [1.54, 1.807) is 0 Å². The van der Waals surface area contributed by atoms with E-state index < -0.39 is 0 Å². The maximum Gasteiger partial charge on any atom is 0.152 e. The van der Waals surface area contributed by atoms with E-state index in [2.05, 4.69) is 25.7 Å². The minimum Gasteiger partial charge on any atom is -0.298 e. The minimum atomic E-state index is -0.0652. The van der Waals surface area contributed by atoms with Crippen LogP contribution in [-0.2, 0) is 4.79 Å². The van der Waals surface area contributed by atoms with E-state index in [4.69, 9.17) is 0 Å². The average molecular weight is 169 g/mol. The fourth-order valence-electron chi connectivity index (χ4n) is 1.58. The van der Waals surface area contributed by atoms with Gasteiger partial charge in [0.2, 0.25) is 0 Å². The SMILES string of the molecule is CCCN1CCC(C)(C)C(=O)C1. The van der Waals surface area contributed by atoms with Gasteiger partial charge >= 0.3 is 0 Å². The fraction of sp³-hybridized carbons (Fsp3) is 0.900. The minimum absolute atomic E-state index is 0.0652. The molecule has 0 aromatic heterocycles. The Kier molecular flexibility index (Phi) is 2.89. The zero-order valence-electron chi connectivity index (χ0n) is 8.39. The standard InChI is InChI=1S/C10H19NO/c1-4-6-11-7-5-10(2,3)9(12)8-11/h4-8H2,1-3H3. The second-order valence-electron chi connectivity index (χ2n) is 4.33. The Balaban J connectivity index is 2.47. The predicted molar refractivity (Wildman–Crippen MR) is 50.1 cm³/mol. The first kappa shape index (κ1) is 9.72. The Morgan fingerprint density at radius 2 is 2.17 bits per heavy atom. The highest BCUT2D eigenvalue weighted by Crippen LogP contribution is 2.26. The smallest absolute Gasteiger partial charge is 0.152 e. The lowest BCUT2D eigenvalue weighted by Crippen LogP contribution is -2.45. The zero-order valence-corrected chi connectivity index (χ0v) is 8.39. The average Bonchev–Trinajstić information content (AvgIpc) is 1.98. The summed E-state index contributed by atoms with van der Waals surface area (Å²) in [6, 6.07) is 0. The van der Waals surface area contributed by atoms with E-state index in [9.17, 15) is 4.79 Å². The van der Waals surface area contributed by atoms with Crippen LogP contribution in [0, 0.1) is 5.41 Å². The van der Waals surface area contributed by atoms with Crippen molar-refractivity contribution in [3.05, 3.63) is 0 Å². The predicted octanol–water partition coefficient (Wildman–Crippen LogP) is 1.70. The quantitative estimate of drug-likeness (QED) is 0.627. The molecule has 0 radical (unpaired) electrons. The van der Waals surface area contributed by atoms with E-state index in [0.29, 0.717) is 12.3 Å². The Bertz CT molecular complexity index is 175. The molecule has 0 aromatic carbocycles. The van der Waals surface area contributed by atoms with Gasteiger partial charge in [0.05, 0.1) is 6.54 Å². The van der Waals surface area contributed by atoms with Gasteiger partial charge in [0.1, 0.15) is 0 Å². The van der Waals surface area contributed by atoms with Gasteiger partial charge in [-0.3, -0.25) is 9.69 Å². The number of hydrogen-bond acceptors (Lipinski definition) is 2. The molecule has 0 aromatic rings. The first-order valence-electron chi connectivity index (χ1n) is 4.82. The molecule has 0 bridgehead atoms. The maximum absolute atomic E-state index is 11.6. The van der Waals surface area contributed by atoms with Crippen LogP contribution < -0.4 is 0 Å². The van der Waals surface area contributed by atoms with E-state index in [-0.39, 0.29) is 5.41 Å². The molecule has 1 heterocycles. The van der Waals surface area contributed by atoms with Crippen LogP contribution >= 0.6 is 0 Å². The molecule has 1 aliphatic rings. The number of nitrogens with zero attached hydrogens (tertiary/aromatic N) is 1. The summed E-state index contributed by atoms with van der Waals surface area (Å²) in [4.78, 5) is 13.8. The number of carbonyl (C=O) groups excluding carboxylic acids is 1. The summed E-state index contributed by atoms with van der Waals surface area (Å²) in [5.74, 6) is 0.405.